The Morgan fingerprint density at radius 2 is 2.00 bits per heavy atom. The molecule has 1 saturated heterocycles. The number of hydrogen-bond donors (Lipinski definition) is 2. The molecule has 1 aliphatic rings. The molecule has 2 N–H and O–H groups in total. The van der Waals surface area contributed by atoms with Gasteiger partial charge in [-0.1, -0.05) is 0 Å². The van der Waals surface area contributed by atoms with E-state index in [-0.39, 0.29) is 12.1 Å². The lowest BCUT2D eigenvalue weighted by molar-refractivity contribution is 0.145. The first-order valence-corrected chi connectivity index (χ1v) is 8.48. The second kappa shape index (κ2) is 6.76. The average Bonchev–Trinajstić information content (AvgIpc) is 2.81. The van der Waals surface area contributed by atoms with Crippen molar-refractivity contribution in [1.82, 2.24) is 19.7 Å². The standard InChI is InChI=1S/C17H26N6O/c1-11(16-12(2)21-22(4)13(16)3)19-17-18-8-5-15(20-17)23-9-6-14(24)7-10-23/h5,8,11,14,24H,6-7,9-10H2,1-4H3,(H,18,19,20). The van der Waals surface area contributed by atoms with E-state index in [0.29, 0.717) is 5.95 Å². The van der Waals surface area contributed by atoms with Crippen LogP contribution in [0.2, 0.25) is 0 Å². The first kappa shape index (κ1) is 16.7. The maximum Gasteiger partial charge on any atom is 0.225 e. The molecule has 1 aliphatic heterocycles. The molecule has 7 heteroatoms. The van der Waals surface area contributed by atoms with Crippen LogP contribution in [-0.2, 0) is 7.05 Å². The smallest absolute Gasteiger partial charge is 0.225 e. The number of aliphatic hydroxyl groups excluding tert-OH is 1. The molecule has 0 aromatic carbocycles. The van der Waals surface area contributed by atoms with Gasteiger partial charge < -0.3 is 15.3 Å². The fourth-order valence-corrected chi connectivity index (χ4v) is 3.37. The van der Waals surface area contributed by atoms with Gasteiger partial charge in [0.25, 0.3) is 0 Å². The summed E-state index contributed by atoms with van der Waals surface area (Å²) in [7, 11) is 1.96. The fraction of sp³-hybridized carbons (Fsp3) is 0.588. The largest absolute Gasteiger partial charge is 0.393 e. The van der Waals surface area contributed by atoms with E-state index in [0.717, 1.165) is 43.1 Å². The van der Waals surface area contributed by atoms with Gasteiger partial charge in [-0.05, 0) is 39.7 Å². The van der Waals surface area contributed by atoms with Crippen molar-refractivity contribution in [3.8, 4) is 0 Å². The van der Waals surface area contributed by atoms with Gasteiger partial charge in [0, 0.05) is 37.6 Å². The van der Waals surface area contributed by atoms with E-state index in [9.17, 15) is 5.11 Å². The molecule has 0 saturated carbocycles. The monoisotopic (exact) mass is 330 g/mol. The van der Waals surface area contributed by atoms with Crippen molar-refractivity contribution in [2.24, 2.45) is 7.05 Å². The first-order chi connectivity index (χ1) is 11.5. The number of nitrogens with one attached hydrogen (secondary N) is 1. The van der Waals surface area contributed by atoms with E-state index < -0.39 is 0 Å². The Balaban J connectivity index is 1.74. The quantitative estimate of drug-likeness (QED) is 0.892. The summed E-state index contributed by atoms with van der Waals surface area (Å²) in [5, 5.41) is 17.5. The van der Waals surface area contributed by atoms with Crippen molar-refractivity contribution >= 4 is 11.8 Å². The van der Waals surface area contributed by atoms with E-state index >= 15 is 0 Å². The average molecular weight is 330 g/mol. The lowest BCUT2D eigenvalue weighted by atomic mass is 10.1. The minimum Gasteiger partial charge on any atom is -0.393 e. The van der Waals surface area contributed by atoms with E-state index in [1.54, 1.807) is 6.20 Å². The summed E-state index contributed by atoms with van der Waals surface area (Å²) in [6.07, 6.45) is 3.18. The number of aryl methyl sites for hydroxylation is 2. The molecule has 24 heavy (non-hydrogen) atoms. The van der Waals surface area contributed by atoms with Crippen LogP contribution in [0, 0.1) is 13.8 Å². The molecule has 1 unspecified atom stereocenters. The minimum absolute atomic E-state index is 0.0807. The molecule has 1 fully saturated rings. The van der Waals surface area contributed by atoms with E-state index in [1.807, 2.05) is 24.7 Å². The molecule has 3 rings (SSSR count). The summed E-state index contributed by atoms with van der Waals surface area (Å²) in [6, 6.07) is 2.01. The molecule has 0 amide bonds. The summed E-state index contributed by atoms with van der Waals surface area (Å²) in [5.74, 6) is 1.53. The third-order valence-corrected chi connectivity index (χ3v) is 4.77. The van der Waals surface area contributed by atoms with Crippen molar-refractivity contribution < 1.29 is 5.11 Å². The molecule has 2 aromatic rings. The van der Waals surface area contributed by atoms with Gasteiger partial charge in [-0.3, -0.25) is 4.68 Å². The van der Waals surface area contributed by atoms with Crippen LogP contribution in [0.4, 0.5) is 11.8 Å². The second-order valence-electron chi connectivity index (χ2n) is 6.53. The van der Waals surface area contributed by atoms with Crippen LogP contribution in [0.1, 0.15) is 42.8 Å². The third kappa shape index (κ3) is 3.36. The number of piperidine rings is 1. The van der Waals surface area contributed by atoms with E-state index in [2.05, 4.69) is 39.1 Å². The van der Waals surface area contributed by atoms with Crippen LogP contribution in [0.3, 0.4) is 0 Å². The summed E-state index contributed by atoms with van der Waals surface area (Å²) < 4.78 is 1.90. The maximum atomic E-state index is 9.65. The number of aromatic nitrogens is 4. The minimum atomic E-state index is -0.183. The van der Waals surface area contributed by atoms with Crippen LogP contribution >= 0.6 is 0 Å². The lowest BCUT2D eigenvalue weighted by Crippen LogP contribution is -2.36. The predicted molar refractivity (Wildman–Crippen MR) is 94.2 cm³/mol. The van der Waals surface area contributed by atoms with Gasteiger partial charge in [0.05, 0.1) is 17.8 Å². The highest BCUT2D eigenvalue weighted by Gasteiger charge is 2.20. The number of nitrogens with zero attached hydrogens (tertiary/aromatic N) is 5. The van der Waals surface area contributed by atoms with Gasteiger partial charge in [0.1, 0.15) is 5.82 Å². The summed E-state index contributed by atoms with van der Waals surface area (Å²) in [5.41, 5.74) is 3.36. The molecular formula is C17H26N6O. The van der Waals surface area contributed by atoms with Crippen LogP contribution in [-0.4, -0.2) is 44.0 Å². The molecular weight excluding hydrogens is 304 g/mol. The zero-order chi connectivity index (χ0) is 17.3. The van der Waals surface area contributed by atoms with Crippen molar-refractivity contribution in [2.45, 2.75) is 45.8 Å². The molecule has 3 heterocycles. The van der Waals surface area contributed by atoms with Gasteiger partial charge in [0.15, 0.2) is 0 Å². The Kier molecular flexibility index (Phi) is 4.71. The third-order valence-electron chi connectivity index (χ3n) is 4.77. The fourth-order valence-electron chi connectivity index (χ4n) is 3.37. The topological polar surface area (TPSA) is 79.1 Å². The molecule has 2 aromatic heterocycles. The maximum absolute atomic E-state index is 9.65. The molecule has 130 valence electrons. The SMILES string of the molecule is Cc1nn(C)c(C)c1C(C)Nc1nccc(N2CCC(O)CC2)n1. The molecule has 0 spiro atoms. The number of rotatable bonds is 4. The van der Waals surface area contributed by atoms with Crippen molar-refractivity contribution in [3.63, 3.8) is 0 Å². The number of hydrogen-bond acceptors (Lipinski definition) is 6. The second-order valence-corrected chi connectivity index (χ2v) is 6.53. The zero-order valence-electron chi connectivity index (χ0n) is 14.8. The molecule has 0 aliphatic carbocycles. The van der Waals surface area contributed by atoms with Crippen LogP contribution < -0.4 is 10.2 Å². The molecule has 0 radical (unpaired) electrons. The zero-order valence-corrected chi connectivity index (χ0v) is 14.8. The van der Waals surface area contributed by atoms with Crippen molar-refractivity contribution in [3.05, 3.63) is 29.2 Å². The highest BCUT2D eigenvalue weighted by Crippen LogP contribution is 2.24. The Morgan fingerprint density at radius 3 is 2.62 bits per heavy atom. The lowest BCUT2D eigenvalue weighted by Gasteiger charge is -2.30. The summed E-state index contributed by atoms with van der Waals surface area (Å²) >= 11 is 0. The summed E-state index contributed by atoms with van der Waals surface area (Å²) in [6.45, 7) is 7.85. The first-order valence-electron chi connectivity index (χ1n) is 8.48. The van der Waals surface area contributed by atoms with Gasteiger partial charge in [-0.25, -0.2) is 4.98 Å². The van der Waals surface area contributed by atoms with Gasteiger partial charge in [-0.15, -0.1) is 0 Å². The highest BCUT2D eigenvalue weighted by atomic mass is 16.3. The van der Waals surface area contributed by atoms with Crippen molar-refractivity contribution in [1.29, 1.82) is 0 Å². The Bertz CT molecular complexity index is 705. The molecule has 0 bridgehead atoms. The predicted octanol–water partition coefficient (Wildman–Crippen LogP) is 1.96. The van der Waals surface area contributed by atoms with E-state index in [4.69, 9.17) is 0 Å². The van der Waals surface area contributed by atoms with Crippen LogP contribution in [0.25, 0.3) is 0 Å². The van der Waals surface area contributed by atoms with Gasteiger partial charge in [0.2, 0.25) is 5.95 Å². The summed E-state index contributed by atoms with van der Waals surface area (Å²) in [4.78, 5) is 11.2. The molecule has 7 nitrogen and oxygen atoms in total. The number of aliphatic hydroxyl groups is 1. The van der Waals surface area contributed by atoms with Crippen molar-refractivity contribution in [2.75, 3.05) is 23.3 Å². The van der Waals surface area contributed by atoms with Crippen LogP contribution in [0.5, 0.6) is 0 Å². The Hall–Kier alpha value is -2.15. The Morgan fingerprint density at radius 1 is 1.29 bits per heavy atom. The number of anilines is 2. The normalized spacial score (nSPS) is 17.1. The Labute approximate surface area is 142 Å². The highest BCUT2D eigenvalue weighted by molar-refractivity contribution is 5.44. The van der Waals surface area contributed by atoms with E-state index in [1.165, 1.54) is 5.56 Å². The van der Waals surface area contributed by atoms with Gasteiger partial charge >= 0.3 is 0 Å². The van der Waals surface area contributed by atoms with Crippen LogP contribution in [0.15, 0.2) is 12.3 Å². The van der Waals surface area contributed by atoms with Gasteiger partial charge in [-0.2, -0.15) is 10.1 Å². The molecule has 1 atom stereocenters.